The average Bonchev–Trinajstić information content (AvgIpc) is 2.38. The minimum Gasteiger partial charge on any atom is -0.310 e. The highest BCUT2D eigenvalue weighted by atomic mass is 35.5. The fraction of sp³-hybridized carbons (Fsp3) is 0.500. The van der Waals surface area contributed by atoms with Gasteiger partial charge in [-0.05, 0) is 44.0 Å². The van der Waals surface area contributed by atoms with Crippen LogP contribution in [0, 0.1) is 5.82 Å². The number of halogens is 2. The molecule has 2 rings (SSSR count). The summed E-state index contributed by atoms with van der Waals surface area (Å²) in [7, 11) is 0. The van der Waals surface area contributed by atoms with Gasteiger partial charge in [-0.2, -0.15) is 0 Å². The third-order valence-electron chi connectivity index (χ3n) is 3.28. The van der Waals surface area contributed by atoms with Crippen LogP contribution < -0.4 is 10.2 Å². The van der Waals surface area contributed by atoms with Crippen molar-refractivity contribution in [3.63, 3.8) is 0 Å². The normalized spacial score (nSPS) is 19.8. The van der Waals surface area contributed by atoms with Gasteiger partial charge in [0, 0.05) is 6.54 Å². The molecule has 0 spiro atoms. The Labute approximate surface area is 117 Å². The molecule has 1 unspecified atom stereocenters. The minimum atomic E-state index is -0.390. The standard InChI is InChI=1S/C14H18ClFN2O/c1-2-7-17-12-4-3-8-18(14(12)19)13-6-5-10(16)9-11(13)15/h5-6,9,12,17H,2-4,7-8H2,1H3. The summed E-state index contributed by atoms with van der Waals surface area (Å²) < 4.78 is 13.1. The van der Waals surface area contributed by atoms with E-state index in [1.54, 1.807) is 11.0 Å². The lowest BCUT2D eigenvalue weighted by Crippen LogP contribution is -2.51. The number of nitrogens with zero attached hydrogens (tertiary/aromatic N) is 1. The number of hydrogen-bond acceptors (Lipinski definition) is 2. The largest absolute Gasteiger partial charge is 0.310 e. The van der Waals surface area contributed by atoms with Gasteiger partial charge in [0.15, 0.2) is 0 Å². The second kappa shape index (κ2) is 6.35. The molecule has 1 saturated heterocycles. The molecule has 19 heavy (non-hydrogen) atoms. The Bertz CT molecular complexity index is 467. The van der Waals surface area contributed by atoms with Crippen molar-refractivity contribution >= 4 is 23.2 Å². The van der Waals surface area contributed by atoms with Crippen molar-refractivity contribution in [3.8, 4) is 0 Å². The molecular weight excluding hydrogens is 267 g/mol. The lowest BCUT2D eigenvalue weighted by Gasteiger charge is -2.33. The number of nitrogens with one attached hydrogen (secondary N) is 1. The fourth-order valence-electron chi connectivity index (χ4n) is 2.32. The van der Waals surface area contributed by atoms with E-state index in [1.807, 2.05) is 0 Å². The molecule has 0 aromatic heterocycles. The smallest absolute Gasteiger partial charge is 0.244 e. The molecule has 1 aromatic carbocycles. The Morgan fingerprint density at radius 2 is 2.32 bits per heavy atom. The van der Waals surface area contributed by atoms with Crippen LogP contribution in [0.15, 0.2) is 18.2 Å². The molecule has 0 bridgehead atoms. The number of carbonyl (C=O) groups is 1. The van der Waals surface area contributed by atoms with Gasteiger partial charge in [0.05, 0.1) is 16.8 Å². The van der Waals surface area contributed by atoms with E-state index in [2.05, 4.69) is 12.2 Å². The molecule has 1 aromatic rings. The van der Waals surface area contributed by atoms with Crippen LogP contribution in [0.25, 0.3) is 0 Å². The van der Waals surface area contributed by atoms with Crippen LogP contribution in [0.2, 0.25) is 5.02 Å². The molecule has 1 fully saturated rings. The van der Waals surface area contributed by atoms with Crippen molar-refractivity contribution in [3.05, 3.63) is 29.0 Å². The maximum atomic E-state index is 13.1. The van der Waals surface area contributed by atoms with Crippen LogP contribution in [-0.2, 0) is 4.79 Å². The molecule has 104 valence electrons. The van der Waals surface area contributed by atoms with Gasteiger partial charge in [-0.1, -0.05) is 18.5 Å². The van der Waals surface area contributed by atoms with Gasteiger partial charge < -0.3 is 10.2 Å². The van der Waals surface area contributed by atoms with E-state index >= 15 is 0 Å². The molecule has 5 heteroatoms. The number of benzene rings is 1. The van der Waals surface area contributed by atoms with Gasteiger partial charge in [0.2, 0.25) is 5.91 Å². The van der Waals surface area contributed by atoms with E-state index < -0.39 is 0 Å². The van der Waals surface area contributed by atoms with Crippen LogP contribution in [0.3, 0.4) is 0 Å². The van der Waals surface area contributed by atoms with Crippen molar-refractivity contribution in [2.24, 2.45) is 0 Å². The first kappa shape index (κ1) is 14.3. The summed E-state index contributed by atoms with van der Waals surface area (Å²) in [5.41, 5.74) is 0.594. The molecular formula is C14H18ClFN2O. The molecule has 1 aliphatic heterocycles. The zero-order chi connectivity index (χ0) is 13.8. The van der Waals surface area contributed by atoms with Crippen LogP contribution in [0.1, 0.15) is 26.2 Å². The van der Waals surface area contributed by atoms with Crippen molar-refractivity contribution in [2.45, 2.75) is 32.2 Å². The summed E-state index contributed by atoms with van der Waals surface area (Å²) in [5.74, 6) is -0.368. The predicted octanol–water partition coefficient (Wildman–Crippen LogP) is 2.97. The summed E-state index contributed by atoms with van der Waals surface area (Å²) in [4.78, 5) is 14.0. The second-order valence-electron chi connectivity index (χ2n) is 4.73. The third-order valence-corrected chi connectivity index (χ3v) is 3.58. The quantitative estimate of drug-likeness (QED) is 0.922. The van der Waals surface area contributed by atoms with Crippen molar-refractivity contribution < 1.29 is 9.18 Å². The molecule has 1 atom stereocenters. The van der Waals surface area contributed by atoms with Crippen molar-refractivity contribution in [2.75, 3.05) is 18.0 Å². The van der Waals surface area contributed by atoms with E-state index in [1.165, 1.54) is 12.1 Å². The lowest BCUT2D eigenvalue weighted by atomic mass is 10.0. The third kappa shape index (κ3) is 3.25. The highest BCUT2D eigenvalue weighted by molar-refractivity contribution is 6.33. The Morgan fingerprint density at radius 1 is 1.53 bits per heavy atom. The average molecular weight is 285 g/mol. The van der Waals surface area contributed by atoms with E-state index in [0.717, 1.165) is 25.8 Å². The number of rotatable bonds is 4. The van der Waals surface area contributed by atoms with E-state index in [0.29, 0.717) is 12.2 Å². The molecule has 0 saturated carbocycles. The molecule has 0 radical (unpaired) electrons. The molecule has 0 aliphatic carbocycles. The Hall–Kier alpha value is -1.13. The Morgan fingerprint density at radius 3 is 3.00 bits per heavy atom. The summed E-state index contributed by atoms with van der Waals surface area (Å²) in [6, 6.07) is 3.98. The molecule has 3 nitrogen and oxygen atoms in total. The van der Waals surface area contributed by atoms with E-state index in [9.17, 15) is 9.18 Å². The summed E-state index contributed by atoms with van der Waals surface area (Å²) in [6.45, 7) is 3.52. The molecule has 1 N–H and O–H groups in total. The zero-order valence-corrected chi connectivity index (χ0v) is 11.7. The Kier molecular flexibility index (Phi) is 4.77. The molecule has 1 aliphatic rings. The number of piperidine rings is 1. The second-order valence-corrected chi connectivity index (χ2v) is 5.14. The van der Waals surface area contributed by atoms with Crippen LogP contribution in [0.5, 0.6) is 0 Å². The summed E-state index contributed by atoms with van der Waals surface area (Å²) >= 11 is 6.03. The monoisotopic (exact) mass is 284 g/mol. The van der Waals surface area contributed by atoms with Crippen LogP contribution in [-0.4, -0.2) is 25.0 Å². The minimum absolute atomic E-state index is 0.0215. The van der Waals surface area contributed by atoms with Gasteiger partial charge in [-0.25, -0.2) is 4.39 Å². The Balaban J connectivity index is 2.17. The summed E-state index contributed by atoms with van der Waals surface area (Å²) in [5, 5.41) is 3.53. The summed E-state index contributed by atoms with van der Waals surface area (Å²) in [6.07, 6.45) is 2.75. The first-order valence-electron chi connectivity index (χ1n) is 6.63. The fourth-order valence-corrected chi connectivity index (χ4v) is 2.59. The van der Waals surface area contributed by atoms with Crippen LogP contribution >= 0.6 is 11.6 Å². The SMILES string of the molecule is CCCNC1CCCN(c2ccc(F)cc2Cl)C1=O. The van der Waals surface area contributed by atoms with E-state index in [-0.39, 0.29) is 22.8 Å². The molecule has 1 amide bonds. The van der Waals surface area contributed by atoms with Crippen molar-refractivity contribution in [1.82, 2.24) is 5.32 Å². The highest BCUT2D eigenvalue weighted by Crippen LogP contribution is 2.29. The number of carbonyl (C=O) groups excluding carboxylic acids is 1. The van der Waals surface area contributed by atoms with Crippen molar-refractivity contribution in [1.29, 1.82) is 0 Å². The first-order valence-corrected chi connectivity index (χ1v) is 7.01. The van der Waals surface area contributed by atoms with Gasteiger partial charge in [-0.3, -0.25) is 4.79 Å². The van der Waals surface area contributed by atoms with Gasteiger partial charge in [0.25, 0.3) is 0 Å². The topological polar surface area (TPSA) is 32.3 Å². The van der Waals surface area contributed by atoms with Gasteiger partial charge >= 0.3 is 0 Å². The van der Waals surface area contributed by atoms with E-state index in [4.69, 9.17) is 11.6 Å². The number of amides is 1. The first-order chi connectivity index (χ1) is 9.13. The van der Waals surface area contributed by atoms with Gasteiger partial charge in [0.1, 0.15) is 5.82 Å². The highest BCUT2D eigenvalue weighted by Gasteiger charge is 2.30. The zero-order valence-electron chi connectivity index (χ0n) is 11.0. The van der Waals surface area contributed by atoms with Gasteiger partial charge in [-0.15, -0.1) is 0 Å². The molecule has 1 heterocycles. The predicted molar refractivity (Wildman–Crippen MR) is 75.1 cm³/mol. The van der Waals surface area contributed by atoms with Crippen LogP contribution in [0.4, 0.5) is 10.1 Å². The maximum Gasteiger partial charge on any atom is 0.244 e. The number of hydrogen-bond donors (Lipinski definition) is 1. The lowest BCUT2D eigenvalue weighted by molar-refractivity contribution is -0.121. The number of anilines is 1. The maximum absolute atomic E-state index is 13.1.